The summed E-state index contributed by atoms with van der Waals surface area (Å²) in [4.78, 5) is 19.2. The maximum Gasteiger partial charge on any atom is 0.208 e. The number of hydrogen-bond donors (Lipinski definition) is 1. The zero-order chi connectivity index (χ0) is 19.1. The van der Waals surface area contributed by atoms with Crippen molar-refractivity contribution in [1.29, 1.82) is 0 Å². The van der Waals surface area contributed by atoms with Crippen molar-refractivity contribution in [1.82, 2.24) is 15.2 Å². The second-order valence-corrected chi connectivity index (χ2v) is 9.14. The number of para-hydroxylation sites is 1. The Hall–Kier alpha value is -2.08. The van der Waals surface area contributed by atoms with Crippen LogP contribution < -0.4 is 4.90 Å². The van der Waals surface area contributed by atoms with E-state index in [1.807, 2.05) is 19.2 Å². The molecule has 1 aliphatic rings. The summed E-state index contributed by atoms with van der Waals surface area (Å²) < 4.78 is 0. The lowest BCUT2D eigenvalue weighted by Gasteiger charge is -2.23. The predicted octanol–water partition coefficient (Wildman–Crippen LogP) is 4.07. The van der Waals surface area contributed by atoms with Crippen molar-refractivity contribution in [3.05, 3.63) is 47.4 Å². The van der Waals surface area contributed by atoms with Gasteiger partial charge in [-0.1, -0.05) is 64.6 Å². The van der Waals surface area contributed by atoms with E-state index in [4.69, 9.17) is 0 Å². The maximum absolute atomic E-state index is 12.6. The minimum Gasteiger partial charge on any atom is -0.347 e. The van der Waals surface area contributed by atoms with Crippen LogP contribution >= 0.6 is 11.8 Å². The summed E-state index contributed by atoms with van der Waals surface area (Å²) in [6, 6.07) is 8.31. The summed E-state index contributed by atoms with van der Waals surface area (Å²) in [5, 5.41) is 7.78. The van der Waals surface area contributed by atoms with E-state index in [1.54, 1.807) is 6.08 Å². The highest BCUT2D eigenvalue weighted by molar-refractivity contribution is 7.99. The van der Waals surface area contributed by atoms with E-state index in [-0.39, 0.29) is 16.6 Å². The number of nitrogens with zero attached hydrogens (tertiary/aromatic N) is 3. The average Bonchev–Trinajstić information content (AvgIpc) is 3.12. The number of ketones is 1. The number of carbonyl (C=O) groups excluding carboxylic acids is 1. The molecule has 1 N–H and O–H groups in total. The van der Waals surface area contributed by atoms with E-state index >= 15 is 0 Å². The van der Waals surface area contributed by atoms with E-state index < -0.39 is 0 Å². The lowest BCUT2D eigenvalue weighted by atomic mass is 9.83. The largest absolute Gasteiger partial charge is 0.347 e. The van der Waals surface area contributed by atoms with Crippen LogP contribution in [0, 0.1) is 0 Å². The Morgan fingerprint density at radius 1 is 1.31 bits per heavy atom. The molecule has 0 bridgehead atoms. The average molecular weight is 371 g/mol. The van der Waals surface area contributed by atoms with E-state index in [2.05, 4.69) is 66.8 Å². The molecule has 5 nitrogen and oxygen atoms in total. The van der Waals surface area contributed by atoms with E-state index in [9.17, 15) is 4.79 Å². The smallest absolute Gasteiger partial charge is 0.208 e. The molecule has 138 valence electrons. The molecule has 1 aromatic heterocycles. The maximum atomic E-state index is 12.6. The van der Waals surface area contributed by atoms with E-state index in [0.29, 0.717) is 10.9 Å². The highest BCUT2D eigenvalue weighted by Gasteiger charge is 2.38. The molecule has 2 heterocycles. The number of nitrogens with one attached hydrogen (secondary N) is 1. The number of rotatable bonds is 4. The number of fused-ring (bicyclic) bond motifs is 1. The number of carbonyl (C=O) groups is 1. The summed E-state index contributed by atoms with van der Waals surface area (Å²) in [5.41, 5.74) is 3.16. The quantitative estimate of drug-likeness (QED) is 0.649. The van der Waals surface area contributed by atoms with Gasteiger partial charge in [0, 0.05) is 35.3 Å². The first-order chi connectivity index (χ1) is 12.1. The first-order valence-corrected chi connectivity index (χ1v) is 9.73. The number of H-pyrrole nitrogens is 1. The molecule has 26 heavy (non-hydrogen) atoms. The second-order valence-electron chi connectivity index (χ2n) is 8.20. The summed E-state index contributed by atoms with van der Waals surface area (Å²) >= 11 is 1.37. The molecule has 0 radical (unpaired) electrons. The molecule has 0 unspecified atom stereocenters. The van der Waals surface area contributed by atoms with Gasteiger partial charge in [0.25, 0.3) is 0 Å². The van der Waals surface area contributed by atoms with Crippen LogP contribution in [0.5, 0.6) is 0 Å². The van der Waals surface area contributed by atoms with Gasteiger partial charge in [-0.25, -0.2) is 4.98 Å². The van der Waals surface area contributed by atoms with Gasteiger partial charge < -0.3 is 4.90 Å². The molecule has 3 rings (SSSR count). The SMILES string of the molecule is CN1C(=CC(=O)CSc2n[nH]c(C(C)(C)C)n2)C(C)(C)c2ccccc21. The van der Waals surface area contributed by atoms with Crippen LogP contribution in [-0.2, 0) is 15.6 Å². The molecule has 1 aromatic carbocycles. The molecule has 0 aliphatic carbocycles. The van der Waals surface area contributed by atoms with E-state index in [1.165, 1.54) is 17.3 Å². The third-order valence-electron chi connectivity index (χ3n) is 4.76. The molecule has 1 aliphatic heterocycles. The minimum atomic E-state index is -0.185. The second kappa shape index (κ2) is 6.58. The molecule has 0 spiro atoms. The zero-order valence-corrected chi connectivity index (χ0v) is 17.1. The molecule has 0 atom stereocenters. The molecular formula is C20H26N4OS. The molecular weight excluding hydrogens is 344 g/mol. The fourth-order valence-corrected chi connectivity index (χ4v) is 3.86. The van der Waals surface area contributed by atoms with Crippen molar-refractivity contribution in [3.63, 3.8) is 0 Å². The molecule has 0 saturated carbocycles. The normalized spacial score (nSPS) is 17.6. The van der Waals surface area contributed by atoms with Crippen molar-refractivity contribution in [2.45, 2.75) is 50.6 Å². The van der Waals surface area contributed by atoms with Crippen molar-refractivity contribution in [3.8, 4) is 0 Å². The monoisotopic (exact) mass is 370 g/mol. The topological polar surface area (TPSA) is 61.9 Å². The Morgan fingerprint density at radius 2 is 2.00 bits per heavy atom. The van der Waals surface area contributed by atoms with Crippen LogP contribution in [0.2, 0.25) is 0 Å². The summed E-state index contributed by atoms with van der Waals surface area (Å²) in [7, 11) is 2.02. The van der Waals surface area contributed by atoms with Gasteiger partial charge in [-0.05, 0) is 11.6 Å². The van der Waals surface area contributed by atoms with Crippen LogP contribution in [0.1, 0.15) is 46.0 Å². The number of likely N-dealkylation sites (N-methyl/N-ethyl adjacent to an activating group) is 1. The number of benzene rings is 1. The Balaban J connectivity index is 1.73. The fourth-order valence-electron chi connectivity index (χ4n) is 3.24. The molecule has 2 aromatic rings. The van der Waals surface area contributed by atoms with Gasteiger partial charge in [0.1, 0.15) is 5.82 Å². The Morgan fingerprint density at radius 3 is 2.62 bits per heavy atom. The van der Waals surface area contributed by atoms with Gasteiger partial charge in [0.2, 0.25) is 5.16 Å². The highest BCUT2D eigenvalue weighted by Crippen LogP contribution is 2.46. The van der Waals surface area contributed by atoms with Gasteiger partial charge in [-0.2, -0.15) is 0 Å². The van der Waals surface area contributed by atoms with Crippen molar-refractivity contribution in [2.75, 3.05) is 17.7 Å². The predicted molar refractivity (Wildman–Crippen MR) is 107 cm³/mol. The first kappa shape index (κ1) is 18.7. The third kappa shape index (κ3) is 3.43. The van der Waals surface area contributed by atoms with Crippen LogP contribution in [0.3, 0.4) is 0 Å². The number of aromatic amines is 1. The van der Waals surface area contributed by atoms with Gasteiger partial charge in [0.15, 0.2) is 5.78 Å². The minimum absolute atomic E-state index is 0.0693. The number of anilines is 1. The van der Waals surface area contributed by atoms with Gasteiger partial charge in [-0.15, -0.1) is 5.10 Å². The number of aromatic nitrogens is 3. The highest BCUT2D eigenvalue weighted by atomic mass is 32.2. The summed E-state index contributed by atoms with van der Waals surface area (Å²) in [5.74, 6) is 1.23. The van der Waals surface area contributed by atoms with Gasteiger partial charge >= 0.3 is 0 Å². The molecule has 0 saturated heterocycles. The van der Waals surface area contributed by atoms with Crippen LogP contribution in [0.4, 0.5) is 5.69 Å². The standard InChI is InChI=1S/C20H26N4OS/c1-19(2,3)17-21-18(23-22-17)26-12-13(25)11-16-20(4,5)14-9-7-8-10-15(14)24(16)6/h7-11H,12H2,1-6H3,(H,21,22,23). The van der Waals surface area contributed by atoms with E-state index in [0.717, 1.165) is 17.2 Å². The lowest BCUT2D eigenvalue weighted by Crippen LogP contribution is -2.24. The van der Waals surface area contributed by atoms with Crippen LogP contribution in [-0.4, -0.2) is 33.8 Å². The number of hydrogen-bond acceptors (Lipinski definition) is 5. The third-order valence-corrected chi connectivity index (χ3v) is 5.63. The fraction of sp³-hybridized carbons (Fsp3) is 0.450. The Kier molecular flexibility index (Phi) is 4.73. The Labute approximate surface area is 159 Å². The Bertz CT molecular complexity index is 861. The molecule has 0 fully saturated rings. The molecule has 0 amide bonds. The number of allylic oxidation sites excluding steroid dienone is 2. The van der Waals surface area contributed by atoms with Crippen molar-refractivity contribution >= 4 is 23.2 Å². The van der Waals surface area contributed by atoms with Gasteiger partial charge in [0.05, 0.1) is 5.75 Å². The molecule has 6 heteroatoms. The van der Waals surface area contributed by atoms with Crippen molar-refractivity contribution in [2.24, 2.45) is 0 Å². The lowest BCUT2D eigenvalue weighted by molar-refractivity contribution is -0.112. The van der Waals surface area contributed by atoms with Crippen LogP contribution in [0.25, 0.3) is 0 Å². The van der Waals surface area contributed by atoms with Crippen LogP contribution in [0.15, 0.2) is 41.2 Å². The van der Waals surface area contributed by atoms with Crippen molar-refractivity contribution < 1.29 is 4.79 Å². The summed E-state index contributed by atoms with van der Waals surface area (Å²) in [6.07, 6.45) is 1.77. The summed E-state index contributed by atoms with van der Waals surface area (Å²) in [6.45, 7) is 10.5. The first-order valence-electron chi connectivity index (χ1n) is 8.74. The zero-order valence-electron chi connectivity index (χ0n) is 16.3. The number of thioether (sulfide) groups is 1. The van der Waals surface area contributed by atoms with Gasteiger partial charge in [-0.3, -0.25) is 9.89 Å².